The number of ether oxygens (including phenoxy) is 1. The van der Waals surface area contributed by atoms with E-state index < -0.39 is 0 Å². The molecule has 0 unspecified atom stereocenters. The highest BCUT2D eigenvalue weighted by atomic mass is 79.9. The van der Waals surface area contributed by atoms with Gasteiger partial charge in [0.1, 0.15) is 5.82 Å². The lowest BCUT2D eigenvalue weighted by Crippen LogP contribution is -2.22. The molecule has 7 nitrogen and oxygen atoms in total. The van der Waals surface area contributed by atoms with E-state index in [1.165, 1.54) is 10.9 Å². The third-order valence-electron chi connectivity index (χ3n) is 5.30. The Morgan fingerprint density at radius 2 is 1.89 bits per heavy atom. The highest BCUT2D eigenvalue weighted by Crippen LogP contribution is 2.34. The number of aromatic nitrogens is 2. The summed E-state index contributed by atoms with van der Waals surface area (Å²) in [6.45, 7) is 3.53. The third kappa shape index (κ3) is 5.78. The van der Waals surface area contributed by atoms with Crippen molar-refractivity contribution in [3.8, 4) is 5.75 Å². The van der Waals surface area contributed by atoms with E-state index in [0.717, 1.165) is 10.0 Å². The number of hydrogen-bond donors (Lipinski definition) is 1. The summed E-state index contributed by atoms with van der Waals surface area (Å²) < 4.78 is 7.62. The second-order valence-corrected chi connectivity index (χ2v) is 9.60. The number of hydrogen-bond acceptors (Lipinski definition) is 5. The van der Waals surface area contributed by atoms with Gasteiger partial charge in [-0.3, -0.25) is 9.59 Å². The molecule has 184 valence electrons. The minimum atomic E-state index is -0.344. The zero-order valence-electron chi connectivity index (χ0n) is 19.4. The molecule has 0 bridgehead atoms. The van der Waals surface area contributed by atoms with Crippen molar-refractivity contribution < 1.29 is 9.53 Å². The lowest BCUT2D eigenvalue weighted by Gasteiger charge is -2.12. The molecule has 0 saturated heterocycles. The number of aryl methyl sites for hydroxylation is 2. The number of amides is 1. The van der Waals surface area contributed by atoms with Gasteiger partial charge in [-0.25, -0.2) is 4.98 Å². The number of halogens is 3. The van der Waals surface area contributed by atoms with E-state index in [-0.39, 0.29) is 33.9 Å². The van der Waals surface area contributed by atoms with Gasteiger partial charge in [0, 0.05) is 16.6 Å². The number of nitrogens with one attached hydrogen (secondary N) is 1. The van der Waals surface area contributed by atoms with E-state index >= 15 is 0 Å². The summed E-state index contributed by atoms with van der Waals surface area (Å²) in [7, 11) is 0. The van der Waals surface area contributed by atoms with Crippen LogP contribution in [-0.4, -0.2) is 28.4 Å². The van der Waals surface area contributed by atoms with E-state index in [9.17, 15) is 9.59 Å². The van der Waals surface area contributed by atoms with Gasteiger partial charge in [-0.05, 0) is 54.4 Å². The van der Waals surface area contributed by atoms with Crippen molar-refractivity contribution in [3.63, 3.8) is 0 Å². The Morgan fingerprint density at radius 3 is 2.58 bits per heavy atom. The van der Waals surface area contributed by atoms with Crippen molar-refractivity contribution in [3.05, 3.63) is 96.4 Å². The van der Waals surface area contributed by atoms with Crippen LogP contribution in [0.2, 0.25) is 10.0 Å². The first-order valence-electron chi connectivity index (χ1n) is 11.0. The number of fused-ring (bicyclic) bond motifs is 1. The molecule has 1 N–H and O–H groups in total. The van der Waals surface area contributed by atoms with Gasteiger partial charge in [0.2, 0.25) is 0 Å². The zero-order chi connectivity index (χ0) is 25.8. The molecule has 3 aromatic carbocycles. The van der Waals surface area contributed by atoms with Crippen LogP contribution in [0.25, 0.3) is 10.9 Å². The second kappa shape index (κ2) is 11.2. The molecule has 1 aromatic heterocycles. The molecular formula is C26H21BrCl2N4O3. The number of anilines is 1. The maximum atomic E-state index is 13.0. The van der Waals surface area contributed by atoms with Crippen LogP contribution in [0, 0.1) is 6.92 Å². The fourth-order valence-electron chi connectivity index (χ4n) is 3.50. The standard InChI is InChI=1S/C26H21BrCl2N4O3/c1-3-23-31-22-9-8-17(27)12-18(22)26(35)33(23)30-13-16-10-19(28)25(20(29)11-16)36-14-24(34)32-21-7-5-4-6-15(21)2/h4-13H,3,14H2,1-2H3,(H,32,34). The quantitative estimate of drug-likeness (QED) is 0.259. The molecule has 4 rings (SSSR count). The molecule has 0 saturated carbocycles. The molecule has 10 heteroatoms. The van der Waals surface area contributed by atoms with Crippen LogP contribution in [0.15, 0.2) is 69.0 Å². The fraction of sp³-hybridized carbons (Fsp3) is 0.154. The maximum Gasteiger partial charge on any atom is 0.282 e. The third-order valence-corrected chi connectivity index (χ3v) is 6.36. The summed E-state index contributed by atoms with van der Waals surface area (Å²) in [6.07, 6.45) is 1.98. The van der Waals surface area contributed by atoms with Gasteiger partial charge in [-0.2, -0.15) is 9.78 Å². The molecule has 36 heavy (non-hydrogen) atoms. The van der Waals surface area contributed by atoms with Crippen molar-refractivity contribution in [2.75, 3.05) is 11.9 Å². The van der Waals surface area contributed by atoms with Gasteiger partial charge in [0.15, 0.2) is 12.4 Å². The largest absolute Gasteiger partial charge is 0.481 e. The number of carbonyl (C=O) groups excluding carboxylic acids is 1. The Hall–Kier alpha value is -3.20. The highest BCUT2D eigenvalue weighted by Gasteiger charge is 2.13. The van der Waals surface area contributed by atoms with Gasteiger partial charge in [-0.15, -0.1) is 0 Å². The van der Waals surface area contributed by atoms with Crippen LogP contribution in [0.5, 0.6) is 5.75 Å². The minimum Gasteiger partial charge on any atom is -0.481 e. The van der Waals surface area contributed by atoms with Crippen molar-refractivity contribution in [1.29, 1.82) is 0 Å². The Balaban J connectivity index is 1.54. The first-order valence-corrected chi connectivity index (χ1v) is 12.5. The molecule has 0 aliphatic heterocycles. The minimum absolute atomic E-state index is 0.180. The highest BCUT2D eigenvalue weighted by molar-refractivity contribution is 9.10. The van der Waals surface area contributed by atoms with Gasteiger partial charge in [-0.1, -0.05) is 64.3 Å². The lowest BCUT2D eigenvalue weighted by molar-refractivity contribution is -0.118. The van der Waals surface area contributed by atoms with Crippen molar-refractivity contribution in [1.82, 2.24) is 9.66 Å². The van der Waals surface area contributed by atoms with Crippen LogP contribution in [0.4, 0.5) is 5.69 Å². The van der Waals surface area contributed by atoms with Crippen molar-refractivity contribution in [2.24, 2.45) is 5.10 Å². The summed E-state index contributed by atoms with van der Waals surface area (Å²) in [5, 5.41) is 7.99. The molecular weight excluding hydrogens is 567 g/mol. The second-order valence-electron chi connectivity index (χ2n) is 7.87. The molecule has 4 aromatic rings. The number of rotatable bonds is 7. The Kier molecular flexibility index (Phi) is 8.08. The summed E-state index contributed by atoms with van der Waals surface area (Å²) in [6, 6.07) is 15.9. The van der Waals surface area contributed by atoms with Crippen LogP contribution >= 0.6 is 39.1 Å². The molecule has 0 aliphatic carbocycles. The maximum absolute atomic E-state index is 13.0. The number of para-hydroxylation sites is 1. The van der Waals surface area contributed by atoms with Crippen molar-refractivity contribution >= 4 is 67.8 Å². The molecule has 0 aliphatic rings. The zero-order valence-corrected chi connectivity index (χ0v) is 22.5. The Bertz CT molecular complexity index is 1530. The summed E-state index contributed by atoms with van der Waals surface area (Å²) in [5.41, 5.74) is 2.50. The number of carbonyl (C=O) groups is 1. The molecule has 1 amide bonds. The SMILES string of the molecule is CCc1nc2ccc(Br)cc2c(=O)n1N=Cc1cc(Cl)c(OCC(=O)Nc2ccccc2C)c(Cl)c1. The van der Waals surface area contributed by atoms with Gasteiger partial charge < -0.3 is 10.1 Å². The molecule has 0 spiro atoms. The van der Waals surface area contributed by atoms with E-state index in [1.54, 1.807) is 30.3 Å². The predicted octanol–water partition coefficient (Wildman–Crippen LogP) is 6.24. The smallest absolute Gasteiger partial charge is 0.282 e. The van der Waals surface area contributed by atoms with Crippen LogP contribution in [0.3, 0.4) is 0 Å². The Morgan fingerprint density at radius 1 is 1.17 bits per heavy atom. The normalized spacial score (nSPS) is 11.2. The van der Waals surface area contributed by atoms with Crippen LogP contribution < -0.4 is 15.6 Å². The molecule has 0 radical (unpaired) electrons. The molecule has 0 atom stereocenters. The fourth-order valence-corrected chi connectivity index (χ4v) is 4.47. The first-order chi connectivity index (χ1) is 17.3. The monoisotopic (exact) mass is 586 g/mol. The lowest BCUT2D eigenvalue weighted by atomic mass is 10.2. The molecule has 0 fully saturated rings. The van der Waals surface area contributed by atoms with Gasteiger partial charge >= 0.3 is 0 Å². The summed E-state index contributed by atoms with van der Waals surface area (Å²) in [4.78, 5) is 29.9. The number of nitrogens with zero attached hydrogens (tertiary/aromatic N) is 3. The van der Waals surface area contributed by atoms with Crippen LogP contribution in [-0.2, 0) is 11.2 Å². The van der Waals surface area contributed by atoms with E-state index in [0.29, 0.717) is 34.4 Å². The topological polar surface area (TPSA) is 85.6 Å². The van der Waals surface area contributed by atoms with Crippen LogP contribution in [0.1, 0.15) is 23.9 Å². The number of benzene rings is 3. The Labute approximate surface area is 225 Å². The predicted molar refractivity (Wildman–Crippen MR) is 148 cm³/mol. The summed E-state index contributed by atoms with van der Waals surface area (Å²) >= 11 is 16.1. The van der Waals surface area contributed by atoms with Gasteiger partial charge in [0.05, 0.1) is 27.2 Å². The van der Waals surface area contributed by atoms with Crippen molar-refractivity contribution in [2.45, 2.75) is 20.3 Å². The first kappa shape index (κ1) is 25.9. The van der Waals surface area contributed by atoms with E-state index in [4.69, 9.17) is 27.9 Å². The van der Waals surface area contributed by atoms with E-state index in [1.807, 2.05) is 38.1 Å². The van der Waals surface area contributed by atoms with Gasteiger partial charge in [0.25, 0.3) is 11.5 Å². The average molecular weight is 588 g/mol. The molecule has 1 heterocycles. The summed E-state index contributed by atoms with van der Waals surface area (Å²) in [5.74, 6) is 0.353. The average Bonchev–Trinajstić information content (AvgIpc) is 2.84. The van der Waals surface area contributed by atoms with E-state index in [2.05, 4.69) is 31.3 Å².